The third-order valence-corrected chi connectivity index (χ3v) is 4.75. The molecule has 0 bridgehead atoms. The minimum Gasteiger partial charge on any atom is -0.494 e. The summed E-state index contributed by atoms with van der Waals surface area (Å²) < 4.78 is 5.75. The maximum Gasteiger partial charge on any atom is 0.224 e. The van der Waals surface area contributed by atoms with E-state index in [2.05, 4.69) is 5.32 Å². The number of anilines is 1. The van der Waals surface area contributed by atoms with Gasteiger partial charge in [0.25, 0.3) is 0 Å². The fraction of sp³-hybridized carbons (Fsp3) is 0.556. The molecule has 0 spiro atoms. The number of hydrogen-bond donors (Lipinski definition) is 2. The Hall–Kier alpha value is -1.79. The van der Waals surface area contributed by atoms with E-state index in [4.69, 9.17) is 10.5 Å². The van der Waals surface area contributed by atoms with Crippen molar-refractivity contribution in [3.05, 3.63) is 23.8 Å². The first-order valence-corrected chi connectivity index (χ1v) is 8.69. The standard InChI is InChI=1S/C18H25N3O3.ClH/c19-11-13-7-8-21(12-13)18(23)2-1-9-24-15-4-5-16-14(10-15)3-6-17(22)20-16;/h4-5,10,13H,1-3,6-9,11-12,19H2,(H,20,22);1H. The Kier molecular flexibility index (Phi) is 7.08. The van der Waals surface area contributed by atoms with Gasteiger partial charge in [-0.2, -0.15) is 0 Å². The highest BCUT2D eigenvalue weighted by atomic mass is 35.5. The predicted molar refractivity (Wildman–Crippen MR) is 99.1 cm³/mol. The van der Waals surface area contributed by atoms with Crippen LogP contribution in [0.25, 0.3) is 0 Å². The van der Waals surface area contributed by atoms with Crippen LogP contribution in [0.3, 0.4) is 0 Å². The summed E-state index contributed by atoms with van der Waals surface area (Å²) in [6.45, 7) is 2.81. The van der Waals surface area contributed by atoms with E-state index in [0.717, 1.165) is 42.9 Å². The van der Waals surface area contributed by atoms with Gasteiger partial charge < -0.3 is 20.7 Å². The van der Waals surface area contributed by atoms with E-state index < -0.39 is 0 Å². The number of nitrogens with zero attached hydrogens (tertiary/aromatic N) is 1. The number of rotatable bonds is 6. The van der Waals surface area contributed by atoms with Gasteiger partial charge in [0, 0.05) is 31.6 Å². The van der Waals surface area contributed by atoms with Crippen LogP contribution in [0.15, 0.2) is 18.2 Å². The summed E-state index contributed by atoms with van der Waals surface area (Å²) in [4.78, 5) is 25.4. The smallest absolute Gasteiger partial charge is 0.224 e. The van der Waals surface area contributed by atoms with E-state index in [0.29, 0.717) is 38.3 Å². The normalized spacial score (nSPS) is 19.0. The summed E-state index contributed by atoms with van der Waals surface area (Å²) >= 11 is 0. The first-order valence-electron chi connectivity index (χ1n) is 8.69. The Morgan fingerprint density at radius 2 is 2.20 bits per heavy atom. The van der Waals surface area contributed by atoms with Gasteiger partial charge in [0.15, 0.2) is 0 Å². The second-order valence-electron chi connectivity index (χ2n) is 6.55. The van der Waals surface area contributed by atoms with Crippen molar-refractivity contribution < 1.29 is 14.3 Å². The van der Waals surface area contributed by atoms with Crippen LogP contribution in [0.1, 0.15) is 31.2 Å². The number of halogens is 1. The number of nitrogens with two attached hydrogens (primary N) is 1. The number of carbonyl (C=O) groups excluding carboxylic acids is 2. The lowest BCUT2D eigenvalue weighted by Crippen LogP contribution is -2.29. The number of aryl methyl sites for hydroxylation is 1. The summed E-state index contributed by atoms with van der Waals surface area (Å²) in [7, 11) is 0. The number of carbonyl (C=O) groups is 2. The minimum atomic E-state index is 0. The number of fused-ring (bicyclic) bond motifs is 1. The average Bonchev–Trinajstić information content (AvgIpc) is 3.08. The highest BCUT2D eigenvalue weighted by molar-refractivity contribution is 5.94. The van der Waals surface area contributed by atoms with Crippen molar-refractivity contribution in [2.24, 2.45) is 11.7 Å². The van der Waals surface area contributed by atoms with E-state index in [-0.39, 0.29) is 24.2 Å². The van der Waals surface area contributed by atoms with Crippen molar-refractivity contribution in [3.8, 4) is 5.75 Å². The average molecular weight is 368 g/mol. The molecule has 1 aromatic carbocycles. The highest BCUT2D eigenvalue weighted by Crippen LogP contribution is 2.27. The molecule has 2 amide bonds. The van der Waals surface area contributed by atoms with E-state index in [1.54, 1.807) is 0 Å². The predicted octanol–water partition coefficient (Wildman–Crippen LogP) is 1.96. The molecular weight excluding hydrogens is 342 g/mol. The van der Waals surface area contributed by atoms with Gasteiger partial charge in [0.05, 0.1) is 6.61 Å². The van der Waals surface area contributed by atoms with E-state index in [9.17, 15) is 9.59 Å². The molecule has 6 nitrogen and oxygen atoms in total. The van der Waals surface area contributed by atoms with Gasteiger partial charge in [-0.15, -0.1) is 12.4 Å². The SMILES string of the molecule is Cl.NCC1CCN(C(=O)CCCOc2ccc3c(c2)CCC(=O)N3)C1. The molecular formula is C18H26ClN3O3. The first-order chi connectivity index (χ1) is 11.7. The summed E-state index contributed by atoms with van der Waals surface area (Å²) in [5.41, 5.74) is 7.63. The zero-order valence-corrected chi connectivity index (χ0v) is 15.1. The Balaban J connectivity index is 0.00000225. The van der Waals surface area contributed by atoms with Crippen LogP contribution < -0.4 is 15.8 Å². The molecule has 0 radical (unpaired) electrons. The molecule has 7 heteroatoms. The maximum absolute atomic E-state index is 12.1. The lowest BCUT2D eigenvalue weighted by atomic mass is 10.0. The molecule has 1 aromatic rings. The Morgan fingerprint density at radius 3 is 2.96 bits per heavy atom. The zero-order valence-electron chi connectivity index (χ0n) is 14.3. The minimum absolute atomic E-state index is 0. The molecule has 1 unspecified atom stereocenters. The monoisotopic (exact) mass is 367 g/mol. The van der Waals surface area contributed by atoms with E-state index in [1.165, 1.54) is 0 Å². The molecule has 2 heterocycles. The van der Waals surface area contributed by atoms with Crippen molar-refractivity contribution >= 4 is 29.9 Å². The second-order valence-corrected chi connectivity index (χ2v) is 6.55. The van der Waals surface area contributed by atoms with Crippen LogP contribution >= 0.6 is 12.4 Å². The van der Waals surface area contributed by atoms with Gasteiger partial charge in [-0.3, -0.25) is 9.59 Å². The molecule has 2 aliphatic rings. The van der Waals surface area contributed by atoms with Gasteiger partial charge in [-0.1, -0.05) is 0 Å². The topological polar surface area (TPSA) is 84.7 Å². The van der Waals surface area contributed by atoms with Crippen LogP contribution in [0, 0.1) is 5.92 Å². The van der Waals surface area contributed by atoms with E-state index >= 15 is 0 Å². The number of ether oxygens (including phenoxy) is 1. The molecule has 2 aliphatic heterocycles. The van der Waals surface area contributed by atoms with Crippen molar-refractivity contribution in [1.82, 2.24) is 4.90 Å². The van der Waals surface area contributed by atoms with Crippen molar-refractivity contribution in [2.45, 2.75) is 32.1 Å². The van der Waals surface area contributed by atoms with Gasteiger partial charge >= 0.3 is 0 Å². The van der Waals surface area contributed by atoms with Crippen LogP contribution in [-0.2, 0) is 16.0 Å². The summed E-state index contributed by atoms with van der Waals surface area (Å²) in [5, 5.41) is 2.86. The molecule has 3 N–H and O–H groups in total. The third-order valence-electron chi connectivity index (χ3n) is 4.75. The maximum atomic E-state index is 12.1. The molecule has 1 atom stereocenters. The fourth-order valence-electron chi connectivity index (χ4n) is 3.27. The molecule has 1 saturated heterocycles. The fourth-order valence-corrected chi connectivity index (χ4v) is 3.27. The number of amides is 2. The third kappa shape index (κ3) is 5.09. The van der Waals surface area contributed by atoms with Gasteiger partial charge in [0.2, 0.25) is 11.8 Å². The van der Waals surface area contributed by atoms with Crippen LogP contribution in [0.4, 0.5) is 5.69 Å². The van der Waals surface area contributed by atoms with Gasteiger partial charge in [-0.05, 0) is 55.5 Å². The summed E-state index contributed by atoms with van der Waals surface area (Å²) in [6.07, 6.45) is 3.50. The van der Waals surface area contributed by atoms with Crippen LogP contribution in [0.2, 0.25) is 0 Å². The summed E-state index contributed by atoms with van der Waals surface area (Å²) in [6, 6.07) is 5.71. The molecule has 0 aliphatic carbocycles. The zero-order chi connectivity index (χ0) is 16.9. The molecule has 3 rings (SSSR count). The van der Waals surface area contributed by atoms with E-state index in [1.807, 2.05) is 23.1 Å². The largest absolute Gasteiger partial charge is 0.494 e. The molecule has 0 aromatic heterocycles. The number of likely N-dealkylation sites (tertiary alicyclic amines) is 1. The Bertz CT molecular complexity index is 624. The lowest BCUT2D eigenvalue weighted by Gasteiger charge is -2.18. The first kappa shape index (κ1) is 19.5. The number of nitrogens with one attached hydrogen (secondary N) is 1. The van der Waals surface area contributed by atoms with Gasteiger partial charge in [0.1, 0.15) is 5.75 Å². The van der Waals surface area contributed by atoms with Crippen molar-refractivity contribution in [3.63, 3.8) is 0 Å². The van der Waals surface area contributed by atoms with Crippen LogP contribution in [-0.4, -0.2) is 43.0 Å². The van der Waals surface area contributed by atoms with Crippen molar-refractivity contribution in [1.29, 1.82) is 0 Å². The molecule has 1 fully saturated rings. The quantitative estimate of drug-likeness (QED) is 0.753. The summed E-state index contributed by atoms with van der Waals surface area (Å²) in [5.74, 6) is 1.51. The van der Waals surface area contributed by atoms with Crippen LogP contribution in [0.5, 0.6) is 5.75 Å². The number of hydrogen-bond acceptors (Lipinski definition) is 4. The van der Waals surface area contributed by atoms with Gasteiger partial charge in [-0.25, -0.2) is 0 Å². The number of benzene rings is 1. The highest BCUT2D eigenvalue weighted by Gasteiger charge is 2.24. The molecule has 0 saturated carbocycles. The molecule has 138 valence electrons. The Labute approximate surface area is 154 Å². The Morgan fingerprint density at radius 1 is 1.36 bits per heavy atom. The second kappa shape index (κ2) is 9.06. The van der Waals surface area contributed by atoms with Crippen molar-refractivity contribution in [2.75, 3.05) is 31.6 Å². The molecule has 25 heavy (non-hydrogen) atoms. The lowest BCUT2D eigenvalue weighted by molar-refractivity contribution is -0.130.